The van der Waals surface area contributed by atoms with E-state index in [-0.39, 0.29) is 28.2 Å². The van der Waals surface area contributed by atoms with Crippen molar-refractivity contribution in [3.63, 3.8) is 0 Å². The molecule has 1 heterocycles. The number of allylic oxidation sites excluding steroid dienone is 2. The lowest BCUT2D eigenvalue weighted by atomic mass is 9.85. The van der Waals surface area contributed by atoms with Gasteiger partial charge in [-0.05, 0) is 30.4 Å². The first-order chi connectivity index (χ1) is 15.0. The predicted molar refractivity (Wildman–Crippen MR) is 113 cm³/mol. The number of benzene rings is 2. The maximum atomic E-state index is 13.4. The Bertz CT molecular complexity index is 1100. The molecule has 2 aromatic rings. The molecule has 1 saturated carbocycles. The minimum Gasteiger partial charge on any atom is -0.292 e. The van der Waals surface area contributed by atoms with E-state index in [2.05, 4.69) is 0 Å². The van der Waals surface area contributed by atoms with Gasteiger partial charge in [-0.25, -0.2) is 5.01 Å². The molecule has 3 aliphatic rings. The molecule has 1 saturated heterocycles. The first-order valence-corrected chi connectivity index (χ1v) is 10.6. The van der Waals surface area contributed by atoms with Crippen molar-refractivity contribution in [2.45, 2.75) is 6.42 Å². The lowest BCUT2D eigenvalue weighted by Gasteiger charge is -2.31. The van der Waals surface area contributed by atoms with Crippen LogP contribution in [0.5, 0.6) is 0 Å². The minimum absolute atomic E-state index is 0.00135. The predicted octanol–water partition coefficient (Wildman–Crippen LogP) is 3.39. The summed E-state index contributed by atoms with van der Waals surface area (Å²) < 4.78 is 0. The average Bonchev–Trinajstić information content (AvgIpc) is 3.46. The molecule has 2 aliphatic carbocycles. The summed E-state index contributed by atoms with van der Waals surface area (Å²) in [5, 5.41) is 2.05. The van der Waals surface area contributed by atoms with Gasteiger partial charge in [0.1, 0.15) is 6.54 Å². The normalized spacial score (nSPS) is 25.8. The number of Topliss-reactive ketones (excluding diaryl/α,β-unsaturated/α-hetero) is 1. The summed E-state index contributed by atoms with van der Waals surface area (Å²) in [6, 6.07) is 14.9. The highest BCUT2D eigenvalue weighted by Gasteiger charge is 2.61. The van der Waals surface area contributed by atoms with Crippen molar-refractivity contribution in [2.75, 3.05) is 6.54 Å². The molecular weight excluding hydrogens is 416 g/mol. The zero-order valence-corrected chi connectivity index (χ0v) is 17.2. The van der Waals surface area contributed by atoms with Gasteiger partial charge in [0.2, 0.25) is 0 Å². The van der Waals surface area contributed by atoms with Crippen LogP contribution in [0.25, 0.3) is 0 Å². The molecule has 7 heteroatoms. The minimum atomic E-state index is -0.656. The molecule has 2 bridgehead atoms. The molecule has 1 aliphatic heterocycles. The van der Waals surface area contributed by atoms with Crippen LogP contribution >= 0.6 is 11.6 Å². The Balaban J connectivity index is 1.52. The lowest BCUT2D eigenvalue weighted by Crippen LogP contribution is -2.52. The van der Waals surface area contributed by atoms with Crippen LogP contribution in [0.15, 0.2) is 66.7 Å². The number of carbonyl (C=O) groups excluding carboxylic acids is 4. The second kappa shape index (κ2) is 7.46. The third-order valence-electron chi connectivity index (χ3n) is 6.42. The first kappa shape index (κ1) is 19.7. The molecule has 2 aromatic carbocycles. The van der Waals surface area contributed by atoms with E-state index in [9.17, 15) is 19.2 Å². The van der Waals surface area contributed by atoms with Gasteiger partial charge in [-0.3, -0.25) is 19.2 Å². The molecule has 6 nitrogen and oxygen atoms in total. The molecule has 4 atom stereocenters. The Morgan fingerprint density at radius 3 is 2.10 bits per heavy atom. The Morgan fingerprint density at radius 1 is 0.903 bits per heavy atom. The SMILES string of the molecule is O=C(CN(C(=O)c1ccccc1Cl)N1C(=O)[C@@H]2[C@@H](C1=O)[C@H]1C=C[C@H]2C1)c1ccccc1. The van der Waals surface area contributed by atoms with E-state index < -0.39 is 36.1 Å². The van der Waals surface area contributed by atoms with Crippen molar-refractivity contribution in [2.24, 2.45) is 23.7 Å². The number of rotatable bonds is 5. The summed E-state index contributed by atoms with van der Waals surface area (Å²) in [6.45, 7) is -0.437. The van der Waals surface area contributed by atoms with Gasteiger partial charge in [-0.1, -0.05) is 66.2 Å². The third-order valence-corrected chi connectivity index (χ3v) is 6.75. The molecule has 156 valence electrons. The van der Waals surface area contributed by atoms with Crippen molar-refractivity contribution in [1.29, 1.82) is 0 Å². The van der Waals surface area contributed by atoms with Crippen LogP contribution in [0.3, 0.4) is 0 Å². The van der Waals surface area contributed by atoms with Crippen LogP contribution in [0, 0.1) is 23.7 Å². The summed E-state index contributed by atoms with van der Waals surface area (Å²) in [5.41, 5.74) is 0.518. The van der Waals surface area contributed by atoms with Crippen LogP contribution in [-0.4, -0.2) is 40.1 Å². The highest BCUT2D eigenvalue weighted by Crippen LogP contribution is 2.52. The fourth-order valence-corrected chi connectivity index (χ4v) is 5.20. The van der Waals surface area contributed by atoms with Gasteiger partial charge in [0.25, 0.3) is 17.7 Å². The van der Waals surface area contributed by atoms with E-state index >= 15 is 0 Å². The number of amides is 3. The van der Waals surface area contributed by atoms with Crippen molar-refractivity contribution in [1.82, 2.24) is 10.0 Å². The molecule has 3 amide bonds. The summed E-state index contributed by atoms with van der Waals surface area (Å²) in [6.07, 6.45) is 4.74. The number of hydrazine groups is 1. The molecule has 0 radical (unpaired) electrons. The highest BCUT2D eigenvalue weighted by atomic mass is 35.5. The summed E-state index contributed by atoms with van der Waals surface area (Å²) in [5.74, 6) is -2.83. The van der Waals surface area contributed by atoms with E-state index in [1.54, 1.807) is 48.5 Å². The molecule has 0 aromatic heterocycles. The number of hydrogen-bond acceptors (Lipinski definition) is 4. The second-order valence-corrected chi connectivity index (χ2v) is 8.53. The number of nitrogens with zero attached hydrogens (tertiary/aromatic N) is 2. The number of hydrogen-bond donors (Lipinski definition) is 0. The van der Waals surface area contributed by atoms with Gasteiger partial charge in [-0.15, -0.1) is 0 Å². The Hall–Kier alpha value is -3.25. The first-order valence-electron chi connectivity index (χ1n) is 10.2. The van der Waals surface area contributed by atoms with Crippen molar-refractivity contribution in [3.05, 3.63) is 82.9 Å². The summed E-state index contributed by atoms with van der Waals surface area (Å²) in [7, 11) is 0. The fraction of sp³-hybridized carbons (Fsp3) is 0.250. The van der Waals surface area contributed by atoms with Gasteiger partial charge >= 0.3 is 0 Å². The van der Waals surface area contributed by atoms with E-state index in [1.807, 2.05) is 12.2 Å². The van der Waals surface area contributed by atoms with Gasteiger partial charge in [0.15, 0.2) is 5.78 Å². The molecule has 0 spiro atoms. The molecule has 0 N–H and O–H groups in total. The van der Waals surface area contributed by atoms with Crippen molar-refractivity contribution >= 4 is 35.1 Å². The molecule has 5 rings (SSSR count). The topological polar surface area (TPSA) is 74.8 Å². The summed E-state index contributed by atoms with van der Waals surface area (Å²) >= 11 is 6.22. The highest BCUT2D eigenvalue weighted by molar-refractivity contribution is 6.34. The van der Waals surface area contributed by atoms with Crippen LogP contribution in [-0.2, 0) is 9.59 Å². The third kappa shape index (κ3) is 3.10. The molecular formula is C24H19ClN2O4. The van der Waals surface area contributed by atoms with Gasteiger partial charge in [-0.2, -0.15) is 5.01 Å². The lowest BCUT2D eigenvalue weighted by molar-refractivity contribution is -0.154. The van der Waals surface area contributed by atoms with E-state index in [0.717, 1.165) is 16.4 Å². The fourth-order valence-electron chi connectivity index (χ4n) is 4.98. The standard InChI is InChI=1S/C24H19ClN2O4/c25-18-9-5-4-8-17(18)22(29)26(13-19(28)14-6-2-1-3-7-14)27-23(30)20-15-10-11-16(12-15)21(20)24(27)31/h1-11,15-16,20-21H,12-13H2/t15-,16-,20-,21-/m0/s1. The summed E-state index contributed by atoms with van der Waals surface area (Å²) in [4.78, 5) is 53.0. The maximum absolute atomic E-state index is 13.4. The smallest absolute Gasteiger partial charge is 0.274 e. The van der Waals surface area contributed by atoms with Gasteiger partial charge in [0, 0.05) is 5.56 Å². The van der Waals surface area contributed by atoms with E-state index in [0.29, 0.717) is 5.56 Å². The van der Waals surface area contributed by atoms with Crippen molar-refractivity contribution in [3.8, 4) is 0 Å². The number of ketones is 1. The molecule has 2 fully saturated rings. The van der Waals surface area contributed by atoms with Crippen LogP contribution in [0.1, 0.15) is 27.1 Å². The number of carbonyl (C=O) groups is 4. The number of fused-ring (bicyclic) bond motifs is 5. The number of imide groups is 1. The number of halogens is 1. The van der Waals surface area contributed by atoms with Crippen LogP contribution in [0.4, 0.5) is 0 Å². The molecule has 31 heavy (non-hydrogen) atoms. The van der Waals surface area contributed by atoms with Crippen molar-refractivity contribution < 1.29 is 19.2 Å². The van der Waals surface area contributed by atoms with E-state index in [4.69, 9.17) is 11.6 Å². The van der Waals surface area contributed by atoms with Crippen LogP contribution < -0.4 is 0 Å². The Kier molecular flexibility index (Phi) is 4.74. The Morgan fingerprint density at radius 2 is 1.48 bits per heavy atom. The van der Waals surface area contributed by atoms with Gasteiger partial charge in [0.05, 0.1) is 22.4 Å². The second-order valence-electron chi connectivity index (χ2n) is 8.12. The quantitative estimate of drug-likeness (QED) is 0.410. The zero-order chi connectivity index (χ0) is 21.7. The average molecular weight is 435 g/mol. The maximum Gasteiger partial charge on any atom is 0.274 e. The Labute approximate surface area is 184 Å². The monoisotopic (exact) mass is 434 g/mol. The van der Waals surface area contributed by atoms with E-state index in [1.165, 1.54) is 6.07 Å². The van der Waals surface area contributed by atoms with Crippen LogP contribution in [0.2, 0.25) is 5.02 Å². The van der Waals surface area contributed by atoms with Gasteiger partial charge < -0.3 is 0 Å². The molecule has 0 unspecified atom stereocenters. The zero-order valence-electron chi connectivity index (χ0n) is 16.5. The largest absolute Gasteiger partial charge is 0.292 e.